The number of aliphatic hydroxyl groups is 1. The number of rotatable bonds is 5. The summed E-state index contributed by atoms with van der Waals surface area (Å²) in [4.78, 5) is 3.78. The van der Waals surface area contributed by atoms with Crippen molar-refractivity contribution in [1.82, 2.24) is 9.71 Å². The maximum atomic E-state index is 12.0. The molecule has 96 valence electrons. The maximum absolute atomic E-state index is 12.0. The molecule has 2 heterocycles. The summed E-state index contributed by atoms with van der Waals surface area (Å²) in [5.41, 5.74) is 0. The Labute approximate surface area is 104 Å². The molecule has 0 radical (unpaired) electrons. The van der Waals surface area contributed by atoms with Crippen LogP contribution in [0, 0.1) is 0 Å². The molecule has 6 nitrogen and oxygen atoms in total. The topological polar surface area (TPSA) is 92.4 Å². The average molecular weight is 268 g/mol. The predicted octanol–water partition coefficient (Wildman–Crippen LogP) is 0.687. The van der Waals surface area contributed by atoms with Gasteiger partial charge in [-0.3, -0.25) is 4.98 Å². The second-order valence-corrected chi connectivity index (χ2v) is 5.27. The van der Waals surface area contributed by atoms with Gasteiger partial charge in [-0.15, -0.1) is 0 Å². The first-order valence-corrected chi connectivity index (χ1v) is 6.68. The molecular weight excluding hydrogens is 256 g/mol. The van der Waals surface area contributed by atoms with Crippen LogP contribution < -0.4 is 4.72 Å². The van der Waals surface area contributed by atoms with Crippen LogP contribution in [0.2, 0.25) is 0 Å². The van der Waals surface area contributed by atoms with Crippen LogP contribution in [0.15, 0.2) is 52.2 Å². The van der Waals surface area contributed by atoms with Crippen molar-refractivity contribution in [3.05, 3.63) is 48.7 Å². The van der Waals surface area contributed by atoms with Gasteiger partial charge in [-0.2, -0.15) is 4.72 Å². The van der Waals surface area contributed by atoms with E-state index >= 15 is 0 Å². The van der Waals surface area contributed by atoms with Crippen LogP contribution in [0.25, 0.3) is 0 Å². The zero-order valence-electron chi connectivity index (χ0n) is 9.35. The third-order valence-electron chi connectivity index (χ3n) is 2.31. The van der Waals surface area contributed by atoms with Crippen molar-refractivity contribution < 1.29 is 17.9 Å². The highest BCUT2D eigenvalue weighted by Crippen LogP contribution is 2.16. The van der Waals surface area contributed by atoms with E-state index in [1.54, 1.807) is 12.1 Å². The third kappa shape index (κ3) is 2.76. The molecule has 2 N–H and O–H groups in total. The Morgan fingerprint density at radius 2 is 2.22 bits per heavy atom. The largest absolute Gasteiger partial charge is 0.468 e. The maximum Gasteiger partial charge on any atom is 0.242 e. The van der Waals surface area contributed by atoms with Crippen LogP contribution in [-0.4, -0.2) is 25.1 Å². The van der Waals surface area contributed by atoms with Gasteiger partial charge in [-0.1, -0.05) is 0 Å². The van der Waals surface area contributed by atoms with Crippen molar-refractivity contribution in [1.29, 1.82) is 0 Å². The number of hydrogen-bond acceptors (Lipinski definition) is 5. The van der Waals surface area contributed by atoms with Gasteiger partial charge in [0.15, 0.2) is 0 Å². The molecular formula is C11H12N2O4S. The number of nitrogens with one attached hydrogen (secondary N) is 1. The van der Waals surface area contributed by atoms with Gasteiger partial charge in [-0.05, 0) is 24.3 Å². The van der Waals surface area contributed by atoms with Gasteiger partial charge in [0, 0.05) is 12.4 Å². The van der Waals surface area contributed by atoms with Crippen LogP contribution in [0.4, 0.5) is 0 Å². The molecule has 1 unspecified atom stereocenters. The van der Waals surface area contributed by atoms with Gasteiger partial charge < -0.3 is 9.52 Å². The SMILES string of the molecule is O=S(=O)(NC(CO)c1ccco1)c1cccnc1. The second-order valence-electron chi connectivity index (χ2n) is 3.56. The third-order valence-corrected chi connectivity index (χ3v) is 3.77. The van der Waals surface area contributed by atoms with Crippen molar-refractivity contribution in [2.45, 2.75) is 10.9 Å². The minimum Gasteiger partial charge on any atom is -0.468 e. The number of nitrogens with zero attached hydrogens (tertiary/aromatic N) is 1. The lowest BCUT2D eigenvalue weighted by atomic mass is 10.2. The lowest BCUT2D eigenvalue weighted by Gasteiger charge is -2.13. The lowest BCUT2D eigenvalue weighted by molar-refractivity contribution is 0.242. The molecule has 18 heavy (non-hydrogen) atoms. The summed E-state index contributed by atoms with van der Waals surface area (Å²) >= 11 is 0. The molecule has 0 spiro atoms. The molecule has 0 bridgehead atoms. The Hall–Kier alpha value is -1.70. The molecule has 0 aliphatic heterocycles. The normalized spacial score (nSPS) is 13.4. The van der Waals surface area contributed by atoms with Crippen LogP contribution in [0.5, 0.6) is 0 Å². The van der Waals surface area contributed by atoms with E-state index in [1.165, 1.54) is 30.8 Å². The second kappa shape index (κ2) is 5.30. The van der Waals surface area contributed by atoms with Crippen LogP contribution in [0.1, 0.15) is 11.8 Å². The smallest absolute Gasteiger partial charge is 0.242 e. The Kier molecular flexibility index (Phi) is 3.75. The monoisotopic (exact) mass is 268 g/mol. The van der Waals surface area contributed by atoms with E-state index in [2.05, 4.69) is 9.71 Å². The average Bonchev–Trinajstić information content (AvgIpc) is 2.91. The highest BCUT2D eigenvalue weighted by atomic mass is 32.2. The highest BCUT2D eigenvalue weighted by molar-refractivity contribution is 7.89. The number of furan rings is 1. The molecule has 0 aliphatic rings. The summed E-state index contributed by atoms with van der Waals surface area (Å²) in [5, 5.41) is 9.21. The molecule has 0 aromatic carbocycles. The summed E-state index contributed by atoms with van der Waals surface area (Å²) < 4.78 is 31.4. The fourth-order valence-corrected chi connectivity index (χ4v) is 2.59. The standard InChI is InChI=1S/C11H12N2O4S/c14-8-10(11-4-2-6-17-11)13-18(15,16)9-3-1-5-12-7-9/h1-7,10,13-14H,8H2. The first-order valence-electron chi connectivity index (χ1n) is 5.20. The van der Waals surface area contributed by atoms with Gasteiger partial charge >= 0.3 is 0 Å². The van der Waals surface area contributed by atoms with Crippen molar-refractivity contribution >= 4 is 10.0 Å². The van der Waals surface area contributed by atoms with Crippen molar-refractivity contribution in [2.24, 2.45) is 0 Å². The van der Waals surface area contributed by atoms with Crippen LogP contribution in [-0.2, 0) is 10.0 Å². The molecule has 2 aromatic rings. The van der Waals surface area contributed by atoms with Crippen molar-refractivity contribution in [3.63, 3.8) is 0 Å². The number of pyridine rings is 1. The molecule has 1 atom stereocenters. The number of aliphatic hydroxyl groups excluding tert-OH is 1. The molecule has 0 aliphatic carbocycles. The highest BCUT2D eigenvalue weighted by Gasteiger charge is 2.22. The van der Waals surface area contributed by atoms with Crippen LogP contribution >= 0.6 is 0 Å². The molecule has 2 aromatic heterocycles. The molecule has 0 saturated carbocycles. The van der Waals surface area contributed by atoms with E-state index in [9.17, 15) is 13.5 Å². The van der Waals surface area contributed by atoms with Gasteiger partial charge in [0.2, 0.25) is 10.0 Å². The number of sulfonamides is 1. The van der Waals surface area contributed by atoms with Gasteiger partial charge in [0.25, 0.3) is 0 Å². The van der Waals surface area contributed by atoms with Crippen LogP contribution in [0.3, 0.4) is 0 Å². The van der Waals surface area contributed by atoms with E-state index in [-0.39, 0.29) is 4.90 Å². The zero-order valence-corrected chi connectivity index (χ0v) is 10.2. The minimum absolute atomic E-state index is 0.0370. The van der Waals surface area contributed by atoms with Crippen molar-refractivity contribution in [2.75, 3.05) is 6.61 Å². The van der Waals surface area contributed by atoms with Gasteiger partial charge in [0.05, 0.1) is 12.9 Å². The zero-order chi connectivity index (χ0) is 13.0. The summed E-state index contributed by atoms with van der Waals surface area (Å²) in [6.45, 7) is -0.396. The van der Waals surface area contributed by atoms with E-state index in [1.807, 2.05) is 0 Å². The molecule has 2 rings (SSSR count). The first-order chi connectivity index (χ1) is 8.63. The predicted molar refractivity (Wildman–Crippen MR) is 63.1 cm³/mol. The number of hydrogen-bond donors (Lipinski definition) is 2. The minimum atomic E-state index is -3.73. The van der Waals surface area contributed by atoms with Gasteiger partial charge in [0.1, 0.15) is 16.7 Å². The van der Waals surface area contributed by atoms with Crippen molar-refractivity contribution in [3.8, 4) is 0 Å². The first kappa shape index (κ1) is 12.7. The van der Waals surface area contributed by atoms with E-state index in [0.29, 0.717) is 5.76 Å². The fourth-order valence-electron chi connectivity index (χ4n) is 1.44. The molecule has 0 fully saturated rings. The van der Waals surface area contributed by atoms with E-state index in [0.717, 1.165) is 0 Å². The Balaban J connectivity index is 2.22. The summed E-state index contributed by atoms with van der Waals surface area (Å²) in [6.07, 6.45) is 4.13. The summed E-state index contributed by atoms with van der Waals surface area (Å²) in [7, 11) is -3.73. The Bertz CT molecular complexity index is 581. The van der Waals surface area contributed by atoms with Gasteiger partial charge in [-0.25, -0.2) is 8.42 Å². The fraction of sp³-hybridized carbons (Fsp3) is 0.182. The summed E-state index contributed by atoms with van der Waals surface area (Å²) in [6, 6.07) is 5.34. The molecule has 7 heteroatoms. The summed E-state index contributed by atoms with van der Waals surface area (Å²) in [5.74, 6) is 0.352. The molecule has 0 saturated heterocycles. The van der Waals surface area contributed by atoms with E-state index < -0.39 is 22.7 Å². The lowest BCUT2D eigenvalue weighted by Crippen LogP contribution is -2.30. The Morgan fingerprint density at radius 3 is 2.78 bits per heavy atom. The van der Waals surface area contributed by atoms with E-state index in [4.69, 9.17) is 4.42 Å². The Morgan fingerprint density at radius 1 is 1.39 bits per heavy atom. The molecule has 0 amide bonds. The quantitative estimate of drug-likeness (QED) is 0.832. The number of aromatic nitrogens is 1.